The lowest BCUT2D eigenvalue weighted by atomic mass is 10.1. The van der Waals surface area contributed by atoms with E-state index in [9.17, 15) is 4.79 Å². The molecule has 0 saturated heterocycles. The standard InChI is InChI=1S/C15H18N4O2/c1-19(2)14-13(5-4-8-17-14)18-15(20)11-7-6-10(21-3)9-12(11)16/h4-9H,16H2,1-3H3,(H,18,20). The normalized spacial score (nSPS) is 10.0. The number of hydrogen-bond acceptors (Lipinski definition) is 5. The molecular weight excluding hydrogens is 268 g/mol. The summed E-state index contributed by atoms with van der Waals surface area (Å²) in [7, 11) is 5.27. The van der Waals surface area contributed by atoms with Crippen LogP contribution in [0, 0.1) is 0 Å². The van der Waals surface area contributed by atoms with Gasteiger partial charge in [-0.05, 0) is 24.3 Å². The average Bonchev–Trinajstić information content (AvgIpc) is 2.47. The first-order valence-electron chi connectivity index (χ1n) is 6.40. The molecule has 0 radical (unpaired) electrons. The van der Waals surface area contributed by atoms with E-state index in [1.165, 1.54) is 0 Å². The van der Waals surface area contributed by atoms with Crippen molar-refractivity contribution < 1.29 is 9.53 Å². The third-order valence-electron chi connectivity index (χ3n) is 2.96. The molecule has 0 spiro atoms. The number of ether oxygens (including phenoxy) is 1. The van der Waals surface area contributed by atoms with E-state index in [-0.39, 0.29) is 5.91 Å². The van der Waals surface area contributed by atoms with Crippen molar-refractivity contribution in [1.82, 2.24) is 4.98 Å². The van der Waals surface area contributed by atoms with E-state index in [4.69, 9.17) is 10.5 Å². The van der Waals surface area contributed by atoms with Crippen molar-refractivity contribution in [3.63, 3.8) is 0 Å². The monoisotopic (exact) mass is 286 g/mol. The summed E-state index contributed by atoms with van der Waals surface area (Å²) >= 11 is 0. The lowest BCUT2D eigenvalue weighted by Crippen LogP contribution is -2.18. The average molecular weight is 286 g/mol. The number of hydrogen-bond donors (Lipinski definition) is 2. The molecule has 6 heteroatoms. The first kappa shape index (κ1) is 14.6. The highest BCUT2D eigenvalue weighted by Crippen LogP contribution is 2.24. The summed E-state index contributed by atoms with van der Waals surface area (Å²) in [4.78, 5) is 18.4. The molecule has 1 heterocycles. The second-order valence-corrected chi connectivity index (χ2v) is 4.68. The van der Waals surface area contributed by atoms with Gasteiger partial charge in [-0.1, -0.05) is 0 Å². The summed E-state index contributed by atoms with van der Waals surface area (Å²) in [5.41, 5.74) is 7.27. The first-order chi connectivity index (χ1) is 10.0. The Labute approximate surface area is 123 Å². The van der Waals surface area contributed by atoms with Gasteiger partial charge < -0.3 is 20.7 Å². The van der Waals surface area contributed by atoms with Gasteiger partial charge in [0.25, 0.3) is 5.91 Å². The molecule has 6 nitrogen and oxygen atoms in total. The molecule has 0 fully saturated rings. The van der Waals surface area contributed by atoms with E-state index in [1.807, 2.05) is 19.0 Å². The summed E-state index contributed by atoms with van der Waals surface area (Å²) in [6.07, 6.45) is 1.67. The van der Waals surface area contributed by atoms with Gasteiger partial charge in [-0.3, -0.25) is 4.79 Å². The fourth-order valence-corrected chi connectivity index (χ4v) is 1.92. The molecule has 0 atom stereocenters. The highest BCUT2D eigenvalue weighted by atomic mass is 16.5. The maximum atomic E-state index is 12.3. The van der Waals surface area contributed by atoms with Gasteiger partial charge in [0.2, 0.25) is 0 Å². The molecule has 0 aliphatic carbocycles. The summed E-state index contributed by atoms with van der Waals surface area (Å²) in [6, 6.07) is 8.50. The second-order valence-electron chi connectivity index (χ2n) is 4.68. The molecule has 3 N–H and O–H groups in total. The van der Waals surface area contributed by atoms with E-state index < -0.39 is 0 Å². The number of amides is 1. The van der Waals surface area contributed by atoms with Crippen LogP contribution in [0.2, 0.25) is 0 Å². The number of pyridine rings is 1. The van der Waals surface area contributed by atoms with Gasteiger partial charge in [-0.15, -0.1) is 0 Å². The van der Waals surface area contributed by atoms with Crippen LogP contribution in [0.1, 0.15) is 10.4 Å². The molecule has 0 unspecified atom stereocenters. The van der Waals surface area contributed by atoms with E-state index in [0.717, 1.165) is 0 Å². The number of nitrogen functional groups attached to an aromatic ring is 1. The van der Waals surface area contributed by atoms with Gasteiger partial charge in [0.1, 0.15) is 5.75 Å². The summed E-state index contributed by atoms with van der Waals surface area (Å²) < 4.78 is 5.07. The lowest BCUT2D eigenvalue weighted by Gasteiger charge is -2.16. The zero-order valence-corrected chi connectivity index (χ0v) is 12.3. The largest absolute Gasteiger partial charge is 0.497 e. The molecule has 1 aromatic heterocycles. The topological polar surface area (TPSA) is 80.5 Å². The van der Waals surface area contributed by atoms with Crippen LogP contribution in [0.4, 0.5) is 17.2 Å². The summed E-state index contributed by atoms with van der Waals surface area (Å²) in [5, 5.41) is 2.82. The molecule has 110 valence electrons. The smallest absolute Gasteiger partial charge is 0.257 e. The Morgan fingerprint density at radius 2 is 2.10 bits per heavy atom. The zero-order valence-electron chi connectivity index (χ0n) is 12.3. The SMILES string of the molecule is COc1ccc(C(=O)Nc2cccnc2N(C)C)c(N)c1. The Bertz CT molecular complexity index is 656. The molecular formula is C15H18N4O2. The number of nitrogens with two attached hydrogens (primary N) is 1. The van der Waals surface area contributed by atoms with Crippen LogP contribution in [0.25, 0.3) is 0 Å². The van der Waals surface area contributed by atoms with Crippen molar-refractivity contribution in [2.24, 2.45) is 0 Å². The quantitative estimate of drug-likeness (QED) is 0.840. The Morgan fingerprint density at radius 3 is 2.71 bits per heavy atom. The maximum absolute atomic E-state index is 12.3. The van der Waals surface area contributed by atoms with Crippen LogP contribution in [-0.2, 0) is 0 Å². The van der Waals surface area contributed by atoms with E-state index in [0.29, 0.717) is 28.5 Å². The molecule has 21 heavy (non-hydrogen) atoms. The molecule has 2 rings (SSSR count). The minimum Gasteiger partial charge on any atom is -0.497 e. The minimum atomic E-state index is -0.286. The van der Waals surface area contributed by atoms with Gasteiger partial charge in [0, 0.05) is 32.0 Å². The lowest BCUT2D eigenvalue weighted by molar-refractivity contribution is 0.102. The van der Waals surface area contributed by atoms with Crippen LogP contribution >= 0.6 is 0 Å². The van der Waals surface area contributed by atoms with Crippen LogP contribution in [0.15, 0.2) is 36.5 Å². The summed E-state index contributed by atoms with van der Waals surface area (Å²) in [5.74, 6) is 1.00. The number of carbonyl (C=O) groups excluding carboxylic acids is 1. The van der Waals surface area contributed by atoms with Crippen LogP contribution in [0.5, 0.6) is 5.75 Å². The Balaban J connectivity index is 2.26. The van der Waals surface area contributed by atoms with Crippen molar-refractivity contribution in [1.29, 1.82) is 0 Å². The number of benzene rings is 1. The van der Waals surface area contributed by atoms with E-state index in [1.54, 1.807) is 43.6 Å². The molecule has 0 aliphatic rings. The highest BCUT2D eigenvalue weighted by Gasteiger charge is 2.13. The number of methoxy groups -OCH3 is 1. The van der Waals surface area contributed by atoms with Crippen molar-refractivity contribution in [2.75, 3.05) is 37.2 Å². The number of rotatable bonds is 4. The van der Waals surface area contributed by atoms with Crippen LogP contribution in [-0.4, -0.2) is 32.1 Å². The predicted octanol–water partition coefficient (Wildman–Crippen LogP) is 1.99. The number of nitrogens with zero attached hydrogens (tertiary/aromatic N) is 2. The number of aromatic nitrogens is 1. The molecule has 0 bridgehead atoms. The van der Waals surface area contributed by atoms with E-state index in [2.05, 4.69) is 10.3 Å². The second kappa shape index (κ2) is 6.13. The predicted molar refractivity (Wildman–Crippen MR) is 83.9 cm³/mol. The van der Waals surface area contributed by atoms with Crippen LogP contribution < -0.4 is 20.7 Å². The minimum absolute atomic E-state index is 0.286. The Hall–Kier alpha value is -2.76. The molecule has 1 aromatic carbocycles. The fraction of sp³-hybridized carbons (Fsp3) is 0.200. The summed E-state index contributed by atoms with van der Waals surface area (Å²) in [6.45, 7) is 0. The fourth-order valence-electron chi connectivity index (χ4n) is 1.92. The Kier molecular flexibility index (Phi) is 4.27. The van der Waals surface area contributed by atoms with Gasteiger partial charge in [-0.2, -0.15) is 0 Å². The molecule has 0 saturated carbocycles. The third kappa shape index (κ3) is 3.22. The molecule has 0 aliphatic heterocycles. The number of anilines is 3. The third-order valence-corrected chi connectivity index (χ3v) is 2.96. The first-order valence-corrected chi connectivity index (χ1v) is 6.40. The van der Waals surface area contributed by atoms with Gasteiger partial charge in [0.15, 0.2) is 5.82 Å². The Morgan fingerprint density at radius 1 is 1.33 bits per heavy atom. The molecule has 1 amide bonds. The van der Waals surface area contributed by atoms with Crippen molar-refractivity contribution in [3.8, 4) is 5.75 Å². The van der Waals surface area contributed by atoms with Crippen molar-refractivity contribution in [2.45, 2.75) is 0 Å². The number of nitrogens with one attached hydrogen (secondary N) is 1. The van der Waals surface area contributed by atoms with Crippen molar-refractivity contribution in [3.05, 3.63) is 42.1 Å². The van der Waals surface area contributed by atoms with Gasteiger partial charge in [-0.25, -0.2) is 4.98 Å². The highest BCUT2D eigenvalue weighted by molar-refractivity contribution is 6.08. The maximum Gasteiger partial charge on any atom is 0.257 e. The van der Waals surface area contributed by atoms with E-state index >= 15 is 0 Å². The van der Waals surface area contributed by atoms with Crippen molar-refractivity contribution >= 4 is 23.1 Å². The number of carbonyl (C=O) groups is 1. The zero-order chi connectivity index (χ0) is 15.4. The van der Waals surface area contributed by atoms with Gasteiger partial charge >= 0.3 is 0 Å². The van der Waals surface area contributed by atoms with Crippen LogP contribution in [0.3, 0.4) is 0 Å². The molecule has 2 aromatic rings. The van der Waals surface area contributed by atoms with Gasteiger partial charge in [0.05, 0.1) is 18.4 Å².